The highest BCUT2D eigenvalue weighted by molar-refractivity contribution is 5.13. The van der Waals surface area contributed by atoms with Gasteiger partial charge in [-0.3, -0.25) is 0 Å². The summed E-state index contributed by atoms with van der Waals surface area (Å²) < 4.78 is 18.3. The van der Waals surface area contributed by atoms with Crippen LogP contribution < -0.4 is 0 Å². The molecule has 0 amide bonds. The van der Waals surface area contributed by atoms with Crippen molar-refractivity contribution in [1.82, 2.24) is 0 Å². The number of benzene rings is 1. The molecule has 1 saturated carbocycles. The maximum atomic E-state index is 6.38. The lowest BCUT2D eigenvalue weighted by Crippen LogP contribution is -2.33. The molecule has 1 aliphatic heterocycles. The van der Waals surface area contributed by atoms with Gasteiger partial charge in [-0.1, -0.05) is 56.5 Å². The largest absolute Gasteiger partial charge is 0.376 e. The minimum atomic E-state index is 0.0142. The third-order valence-corrected chi connectivity index (χ3v) is 5.72. The lowest BCUT2D eigenvalue weighted by atomic mass is 9.90. The second kappa shape index (κ2) is 10.3. The molecule has 25 heavy (non-hydrogen) atoms. The van der Waals surface area contributed by atoms with E-state index in [4.69, 9.17) is 14.2 Å². The maximum Gasteiger partial charge on any atom is 0.157 e. The van der Waals surface area contributed by atoms with Crippen LogP contribution in [-0.2, 0) is 20.8 Å². The molecule has 0 aromatic heterocycles. The molecule has 1 aromatic rings. The highest BCUT2D eigenvalue weighted by Crippen LogP contribution is 2.39. The van der Waals surface area contributed by atoms with Gasteiger partial charge in [-0.05, 0) is 43.6 Å². The van der Waals surface area contributed by atoms with Crippen molar-refractivity contribution >= 4 is 0 Å². The summed E-state index contributed by atoms with van der Waals surface area (Å²) in [6, 6.07) is 10.5. The van der Waals surface area contributed by atoms with Crippen molar-refractivity contribution < 1.29 is 14.2 Å². The van der Waals surface area contributed by atoms with Crippen LogP contribution in [-0.4, -0.2) is 25.6 Å². The number of rotatable bonds is 9. The van der Waals surface area contributed by atoms with E-state index in [0.717, 1.165) is 32.0 Å². The molecule has 3 nitrogen and oxygen atoms in total. The zero-order chi connectivity index (χ0) is 17.3. The van der Waals surface area contributed by atoms with Gasteiger partial charge in [-0.2, -0.15) is 0 Å². The van der Waals surface area contributed by atoms with Crippen LogP contribution in [0.15, 0.2) is 30.3 Å². The molecule has 1 aromatic carbocycles. The molecule has 0 spiro atoms. The first-order chi connectivity index (χ1) is 12.4. The monoisotopic (exact) mass is 346 g/mol. The van der Waals surface area contributed by atoms with Gasteiger partial charge in [-0.25, -0.2) is 0 Å². The van der Waals surface area contributed by atoms with Crippen LogP contribution in [0.2, 0.25) is 0 Å². The van der Waals surface area contributed by atoms with Crippen molar-refractivity contribution in [3.8, 4) is 0 Å². The molecule has 140 valence electrons. The number of hydrogen-bond acceptors (Lipinski definition) is 3. The fraction of sp³-hybridized carbons (Fsp3) is 0.727. The van der Waals surface area contributed by atoms with E-state index in [9.17, 15) is 0 Å². The van der Waals surface area contributed by atoms with Crippen molar-refractivity contribution in [1.29, 1.82) is 0 Å². The van der Waals surface area contributed by atoms with Crippen LogP contribution in [0.25, 0.3) is 0 Å². The van der Waals surface area contributed by atoms with Crippen LogP contribution in [0.4, 0.5) is 0 Å². The van der Waals surface area contributed by atoms with Crippen LogP contribution in [0.3, 0.4) is 0 Å². The SMILES string of the molecule is CCCC[C@H]1CC[C@@H](OC2CCCCO2)[C@@H]1COCc1ccccc1. The van der Waals surface area contributed by atoms with E-state index in [-0.39, 0.29) is 6.29 Å². The zero-order valence-electron chi connectivity index (χ0n) is 15.7. The van der Waals surface area contributed by atoms with Gasteiger partial charge in [0.05, 0.1) is 19.3 Å². The number of unbranched alkanes of at least 4 members (excludes halogenated alkanes) is 1. The van der Waals surface area contributed by atoms with Gasteiger partial charge >= 0.3 is 0 Å². The topological polar surface area (TPSA) is 27.7 Å². The summed E-state index contributed by atoms with van der Waals surface area (Å²) in [4.78, 5) is 0. The molecule has 1 aliphatic carbocycles. The molecular formula is C22H34O3. The normalized spacial score (nSPS) is 29.8. The predicted molar refractivity (Wildman–Crippen MR) is 100 cm³/mol. The standard InChI is InChI=1S/C22H34O3/c1-2-3-11-19-13-14-21(25-22-12-7-8-15-24-22)20(19)17-23-16-18-9-5-4-6-10-18/h4-6,9-10,19-22H,2-3,7-8,11-17H2,1H3/t19-,20+,21+,22?/m0/s1. The van der Waals surface area contributed by atoms with Crippen LogP contribution in [0.1, 0.15) is 63.9 Å². The fourth-order valence-electron chi connectivity index (χ4n) is 4.25. The van der Waals surface area contributed by atoms with Gasteiger partial charge in [-0.15, -0.1) is 0 Å². The molecule has 1 heterocycles. The second-order valence-corrected chi connectivity index (χ2v) is 7.61. The lowest BCUT2D eigenvalue weighted by Gasteiger charge is -2.30. The second-order valence-electron chi connectivity index (χ2n) is 7.61. The summed E-state index contributed by atoms with van der Waals surface area (Å²) in [5.41, 5.74) is 1.25. The van der Waals surface area contributed by atoms with E-state index >= 15 is 0 Å². The average molecular weight is 347 g/mol. The molecule has 2 aliphatic rings. The van der Waals surface area contributed by atoms with Crippen molar-refractivity contribution in [2.24, 2.45) is 11.8 Å². The van der Waals surface area contributed by atoms with Crippen molar-refractivity contribution in [3.05, 3.63) is 35.9 Å². The maximum absolute atomic E-state index is 6.38. The van der Waals surface area contributed by atoms with E-state index < -0.39 is 0 Å². The van der Waals surface area contributed by atoms with Gasteiger partial charge in [0.1, 0.15) is 0 Å². The van der Waals surface area contributed by atoms with E-state index in [2.05, 4.69) is 37.3 Å². The smallest absolute Gasteiger partial charge is 0.157 e. The Bertz CT molecular complexity index is 469. The quantitative estimate of drug-likeness (QED) is 0.605. The molecule has 3 heteroatoms. The van der Waals surface area contributed by atoms with Gasteiger partial charge in [0.2, 0.25) is 0 Å². The first kappa shape index (κ1) is 18.9. The Labute approximate surface area is 153 Å². The highest BCUT2D eigenvalue weighted by atomic mass is 16.7. The van der Waals surface area contributed by atoms with E-state index in [1.807, 2.05) is 0 Å². The van der Waals surface area contributed by atoms with Crippen LogP contribution in [0, 0.1) is 11.8 Å². The summed E-state index contributed by atoms with van der Waals surface area (Å²) in [5, 5.41) is 0. The molecule has 0 bridgehead atoms. The molecule has 4 atom stereocenters. The number of ether oxygens (including phenoxy) is 3. The van der Waals surface area contributed by atoms with Crippen molar-refractivity contribution in [2.45, 2.75) is 77.3 Å². The summed E-state index contributed by atoms with van der Waals surface area (Å²) in [7, 11) is 0. The average Bonchev–Trinajstić information content (AvgIpc) is 3.03. The summed E-state index contributed by atoms with van der Waals surface area (Å²) in [5.74, 6) is 1.25. The first-order valence-electron chi connectivity index (χ1n) is 10.3. The fourth-order valence-corrected chi connectivity index (χ4v) is 4.25. The van der Waals surface area contributed by atoms with Crippen LogP contribution in [0.5, 0.6) is 0 Å². The van der Waals surface area contributed by atoms with Gasteiger partial charge in [0.25, 0.3) is 0 Å². The Morgan fingerprint density at radius 1 is 1.08 bits per heavy atom. The van der Waals surface area contributed by atoms with E-state index in [0.29, 0.717) is 18.6 Å². The molecular weight excluding hydrogens is 312 g/mol. The molecule has 3 rings (SSSR count). The minimum absolute atomic E-state index is 0.0142. The molecule has 0 N–H and O–H groups in total. The van der Waals surface area contributed by atoms with Crippen molar-refractivity contribution in [2.75, 3.05) is 13.2 Å². The Morgan fingerprint density at radius 3 is 2.72 bits per heavy atom. The van der Waals surface area contributed by atoms with Gasteiger partial charge < -0.3 is 14.2 Å². The molecule has 1 unspecified atom stereocenters. The Morgan fingerprint density at radius 2 is 1.96 bits per heavy atom. The number of hydrogen-bond donors (Lipinski definition) is 0. The summed E-state index contributed by atoms with van der Waals surface area (Å²) >= 11 is 0. The minimum Gasteiger partial charge on any atom is -0.376 e. The summed E-state index contributed by atoms with van der Waals surface area (Å²) in [6.45, 7) is 4.64. The Balaban J connectivity index is 1.52. The first-order valence-corrected chi connectivity index (χ1v) is 10.3. The van der Waals surface area contributed by atoms with Gasteiger partial charge in [0.15, 0.2) is 6.29 Å². The molecule has 2 fully saturated rings. The van der Waals surface area contributed by atoms with E-state index in [1.165, 1.54) is 44.1 Å². The Hall–Kier alpha value is -0.900. The zero-order valence-corrected chi connectivity index (χ0v) is 15.7. The highest BCUT2D eigenvalue weighted by Gasteiger charge is 2.38. The Kier molecular flexibility index (Phi) is 7.78. The lowest BCUT2D eigenvalue weighted by molar-refractivity contribution is -0.199. The van der Waals surface area contributed by atoms with Gasteiger partial charge in [0, 0.05) is 12.5 Å². The predicted octanol–water partition coefficient (Wildman–Crippen LogP) is 5.33. The molecule has 0 radical (unpaired) electrons. The van der Waals surface area contributed by atoms with Crippen LogP contribution >= 0.6 is 0 Å². The van der Waals surface area contributed by atoms with E-state index in [1.54, 1.807) is 0 Å². The summed E-state index contributed by atoms with van der Waals surface area (Å²) in [6.07, 6.45) is 10.1. The third kappa shape index (κ3) is 5.80. The third-order valence-electron chi connectivity index (χ3n) is 5.72. The van der Waals surface area contributed by atoms with Crippen molar-refractivity contribution in [3.63, 3.8) is 0 Å². The molecule has 1 saturated heterocycles.